The van der Waals surface area contributed by atoms with Gasteiger partial charge in [-0.25, -0.2) is 0 Å². The van der Waals surface area contributed by atoms with Gasteiger partial charge in [-0.1, -0.05) is 77.7 Å². The van der Waals surface area contributed by atoms with Crippen LogP contribution in [-0.2, 0) is 19.6 Å². The molecule has 1 aromatic heterocycles. The second kappa shape index (κ2) is 10.8. The Morgan fingerprint density at radius 2 is 1.58 bits per heavy atom. The molecule has 4 aromatic carbocycles. The van der Waals surface area contributed by atoms with E-state index in [-0.39, 0.29) is 0 Å². The fourth-order valence-electron chi connectivity index (χ4n) is 4.36. The zero-order valence-corrected chi connectivity index (χ0v) is 21.4. The van der Waals surface area contributed by atoms with Gasteiger partial charge < -0.3 is 15.0 Å². The first-order valence-corrected chi connectivity index (χ1v) is 12.7. The molecule has 6 heteroatoms. The molecule has 0 saturated heterocycles. The van der Waals surface area contributed by atoms with Crippen LogP contribution in [0.3, 0.4) is 0 Å². The molecule has 0 spiro atoms. The molecular weight excluding hydrogens is 491 g/mol. The highest BCUT2D eigenvalue weighted by molar-refractivity contribution is 6.39. The van der Waals surface area contributed by atoms with Crippen molar-refractivity contribution in [3.8, 4) is 28.1 Å². The molecule has 0 atom stereocenters. The van der Waals surface area contributed by atoms with Crippen LogP contribution in [-0.4, -0.2) is 5.16 Å². The van der Waals surface area contributed by atoms with Crippen LogP contribution in [0.4, 0.5) is 0 Å². The number of hydrogen-bond acceptors (Lipinski definition) is 4. The quantitative estimate of drug-likeness (QED) is 0.224. The van der Waals surface area contributed by atoms with Crippen LogP contribution in [0.2, 0.25) is 10.0 Å². The smallest absolute Gasteiger partial charge is 0.143 e. The predicted molar refractivity (Wildman–Crippen MR) is 148 cm³/mol. The summed E-state index contributed by atoms with van der Waals surface area (Å²) < 4.78 is 11.9. The number of nitrogens with zero attached hydrogens (tertiary/aromatic N) is 1. The van der Waals surface area contributed by atoms with Crippen LogP contribution < -0.4 is 10.5 Å². The Morgan fingerprint density at radius 1 is 0.861 bits per heavy atom. The van der Waals surface area contributed by atoms with Crippen molar-refractivity contribution in [2.75, 3.05) is 0 Å². The SMILES string of the molecule is CCCc1onc(-c2c(Cl)cccc2Cl)c1COc1ccc2cc(-c3cccc(CN)c3)ccc2c1. The fraction of sp³-hybridized carbons (Fsp3) is 0.167. The minimum absolute atomic E-state index is 0.297. The van der Waals surface area contributed by atoms with Crippen molar-refractivity contribution >= 4 is 34.0 Å². The number of aromatic nitrogens is 1. The van der Waals surface area contributed by atoms with Crippen molar-refractivity contribution in [2.24, 2.45) is 5.73 Å². The third-order valence-electron chi connectivity index (χ3n) is 6.24. The van der Waals surface area contributed by atoms with E-state index in [9.17, 15) is 0 Å². The van der Waals surface area contributed by atoms with E-state index in [4.69, 9.17) is 38.2 Å². The fourth-order valence-corrected chi connectivity index (χ4v) is 4.94. The molecule has 0 saturated carbocycles. The van der Waals surface area contributed by atoms with Crippen molar-refractivity contribution in [2.45, 2.75) is 32.9 Å². The first-order valence-electron chi connectivity index (χ1n) is 11.9. The van der Waals surface area contributed by atoms with Crippen molar-refractivity contribution in [3.05, 3.63) is 106 Å². The summed E-state index contributed by atoms with van der Waals surface area (Å²) in [5, 5.41) is 7.60. The van der Waals surface area contributed by atoms with Crippen LogP contribution in [0, 0.1) is 0 Å². The Kier molecular flexibility index (Phi) is 7.28. The number of rotatable bonds is 8. The van der Waals surface area contributed by atoms with Crippen LogP contribution in [0.5, 0.6) is 5.75 Å². The minimum Gasteiger partial charge on any atom is -0.489 e. The van der Waals surface area contributed by atoms with E-state index in [1.54, 1.807) is 12.1 Å². The summed E-state index contributed by atoms with van der Waals surface area (Å²) in [5.41, 5.74) is 11.4. The van der Waals surface area contributed by atoms with Gasteiger partial charge in [-0.05, 0) is 70.3 Å². The normalized spacial score (nSPS) is 11.2. The molecule has 0 amide bonds. The molecule has 5 aromatic rings. The second-order valence-corrected chi connectivity index (χ2v) is 9.51. The minimum atomic E-state index is 0.297. The van der Waals surface area contributed by atoms with E-state index >= 15 is 0 Å². The van der Waals surface area contributed by atoms with Gasteiger partial charge in [0.1, 0.15) is 23.8 Å². The van der Waals surface area contributed by atoms with E-state index in [1.807, 2.05) is 30.3 Å². The molecule has 5 rings (SSSR count). The van der Waals surface area contributed by atoms with Crippen LogP contribution in [0.1, 0.15) is 30.2 Å². The molecule has 0 fully saturated rings. The summed E-state index contributed by atoms with van der Waals surface area (Å²) in [5.74, 6) is 1.55. The molecule has 0 aliphatic heterocycles. The maximum absolute atomic E-state index is 6.47. The van der Waals surface area contributed by atoms with Crippen LogP contribution >= 0.6 is 23.2 Å². The van der Waals surface area contributed by atoms with Gasteiger partial charge in [0.25, 0.3) is 0 Å². The topological polar surface area (TPSA) is 61.3 Å². The van der Waals surface area contributed by atoms with Gasteiger partial charge in [0.15, 0.2) is 0 Å². The summed E-state index contributed by atoms with van der Waals surface area (Å²) >= 11 is 12.9. The third-order valence-corrected chi connectivity index (χ3v) is 6.87. The Bertz CT molecular complexity index is 1510. The number of hydrogen-bond donors (Lipinski definition) is 1. The lowest BCUT2D eigenvalue weighted by Gasteiger charge is -2.11. The average molecular weight is 517 g/mol. The van der Waals surface area contributed by atoms with E-state index < -0.39 is 0 Å². The number of aryl methyl sites for hydroxylation is 1. The van der Waals surface area contributed by atoms with Crippen molar-refractivity contribution < 1.29 is 9.26 Å². The van der Waals surface area contributed by atoms with Gasteiger partial charge >= 0.3 is 0 Å². The van der Waals surface area contributed by atoms with E-state index in [0.29, 0.717) is 34.5 Å². The molecule has 0 unspecified atom stereocenters. The highest BCUT2D eigenvalue weighted by Crippen LogP contribution is 2.38. The molecule has 0 bridgehead atoms. The van der Waals surface area contributed by atoms with Gasteiger partial charge in [-0.15, -0.1) is 0 Å². The number of nitrogens with two attached hydrogens (primary N) is 1. The van der Waals surface area contributed by atoms with Gasteiger partial charge in [0, 0.05) is 18.5 Å². The number of benzene rings is 4. The maximum atomic E-state index is 6.47. The zero-order chi connectivity index (χ0) is 25.1. The van der Waals surface area contributed by atoms with Crippen molar-refractivity contribution in [1.82, 2.24) is 5.16 Å². The summed E-state index contributed by atoms with van der Waals surface area (Å²) in [4.78, 5) is 0. The molecule has 2 N–H and O–H groups in total. The van der Waals surface area contributed by atoms with Gasteiger partial charge in [0.2, 0.25) is 0 Å². The lowest BCUT2D eigenvalue weighted by Crippen LogP contribution is -2.00. The average Bonchev–Trinajstić information content (AvgIpc) is 3.29. The van der Waals surface area contributed by atoms with Gasteiger partial charge in [-0.3, -0.25) is 0 Å². The molecule has 0 aliphatic rings. The summed E-state index contributed by atoms with van der Waals surface area (Å²) in [7, 11) is 0. The third kappa shape index (κ3) is 4.98. The zero-order valence-electron chi connectivity index (χ0n) is 19.9. The van der Waals surface area contributed by atoms with Crippen molar-refractivity contribution in [3.63, 3.8) is 0 Å². The lowest BCUT2D eigenvalue weighted by molar-refractivity contribution is 0.300. The largest absolute Gasteiger partial charge is 0.489 e. The number of fused-ring (bicyclic) bond motifs is 1. The Labute approximate surface area is 220 Å². The summed E-state index contributed by atoms with van der Waals surface area (Å²) in [6.45, 7) is 2.92. The van der Waals surface area contributed by atoms with Crippen LogP contribution in [0.25, 0.3) is 33.2 Å². The van der Waals surface area contributed by atoms with Gasteiger partial charge in [-0.2, -0.15) is 0 Å². The highest BCUT2D eigenvalue weighted by Gasteiger charge is 2.22. The summed E-state index contributed by atoms with van der Waals surface area (Å²) in [6.07, 6.45) is 1.67. The second-order valence-electron chi connectivity index (χ2n) is 8.70. The Morgan fingerprint density at radius 3 is 2.36 bits per heavy atom. The first kappa shape index (κ1) is 24.4. The highest BCUT2D eigenvalue weighted by atomic mass is 35.5. The molecule has 36 heavy (non-hydrogen) atoms. The molecule has 182 valence electrons. The molecular formula is C30H26Cl2N2O2. The molecule has 0 aliphatic carbocycles. The predicted octanol–water partition coefficient (Wildman–Crippen LogP) is 8.46. The summed E-state index contributed by atoms with van der Waals surface area (Å²) in [6, 6.07) is 26.3. The van der Waals surface area contributed by atoms with Crippen molar-refractivity contribution in [1.29, 1.82) is 0 Å². The Balaban J connectivity index is 1.42. The number of ether oxygens (including phenoxy) is 1. The van der Waals surface area contributed by atoms with E-state index in [2.05, 4.69) is 48.5 Å². The Hall–Kier alpha value is -3.31. The lowest BCUT2D eigenvalue weighted by atomic mass is 9.99. The molecule has 1 heterocycles. The molecule has 4 nitrogen and oxygen atoms in total. The standard InChI is InChI=1S/C30H26Cl2N2O2/c1-2-5-28-25(30(34-36-28)29-26(31)8-4-9-27(29)32)18-35-24-13-12-22-15-21(10-11-23(22)16-24)20-7-3-6-19(14-20)17-33/h3-4,6-16H,2,5,17-18,33H2,1H3. The van der Waals surface area contributed by atoms with Gasteiger partial charge in [0.05, 0.1) is 15.6 Å². The van der Waals surface area contributed by atoms with E-state index in [0.717, 1.165) is 57.4 Å². The number of halogens is 2. The monoisotopic (exact) mass is 516 g/mol. The molecule has 0 radical (unpaired) electrons. The maximum Gasteiger partial charge on any atom is 0.143 e. The first-order chi connectivity index (χ1) is 17.6. The van der Waals surface area contributed by atoms with E-state index in [1.165, 1.54) is 0 Å². The van der Waals surface area contributed by atoms with Crippen LogP contribution in [0.15, 0.2) is 83.4 Å².